The number of rotatable bonds is 2. The van der Waals surface area contributed by atoms with Gasteiger partial charge in [-0.1, -0.05) is 47.7 Å². The van der Waals surface area contributed by atoms with Crippen molar-refractivity contribution < 1.29 is 4.74 Å². The molecule has 2 fully saturated rings. The summed E-state index contributed by atoms with van der Waals surface area (Å²) in [6, 6.07) is 19.1. The van der Waals surface area contributed by atoms with Gasteiger partial charge in [0.15, 0.2) is 0 Å². The van der Waals surface area contributed by atoms with Crippen LogP contribution in [0.4, 0.5) is 0 Å². The average Bonchev–Trinajstić information content (AvgIpc) is 3.30. The van der Waals surface area contributed by atoms with E-state index in [-0.39, 0.29) is 18.4 Å². The molecule has 5 rings (SSSR count). The Balaban J connectivity index is 1.56. The van der Waals surface area contributed by atoms with Gasteiger partial charge in [0.25, 0.3) is 0 Å². The number of fused-ring (bicyclic) bond motifs is 2. The van der Waals surface area contributed by atoms with Crippen molar-refractivity contribution in [3.05, 3.63) is 60.2 Å². The molecule has 2 saturated heterocycles. The predicted octanol–water partition coefficient (Wildman–Crippen LogP) is 3.12. The van der Waals surface area contributed by atoms with E-state index in [0.717, 1.165) is 30.5 Å². The summed E-state index contributed by atoms with van der Waals surface area (Å²) in [5, 5.41) is 8.76. The molecule has 0 amide bonds. The second-order valence-corrected chi connectivity index (χ2v) is 6.24. The van der Waals surface area contributed by atoms with Gasteiger partial charge in [-0.2, -0.15) is 0 Å². The summed E-state index contributed by atoms with van der Waals surface area (Å²) >= 11 is 0. The monoisotopic (exact) mass is 306 g/mol. The quantitative estimate of drug-likeness (QED) is 0.729. The Hall–Kier alpha value is -2.24. The SMILES string of the molecule is c1ccc([C@H]2CO[C@@H]3CC[C@@H](n4nnc5ccccc54)N23)cc1. The van der Waals surface area contributed by atoms with Crippen molar-refractivity contribution in [1.82, 2.24) is 19.9 Å². The normalized spacial score (nSPS) is 27.6. The first-order valence-electron chi connectivity index (χ1n) is 8.16. The van der Waals surface area contributed by atoms with Crippen LogP contribution in [-0.2, 0) is 4.74 Å². The van der Waals surface area contributed by atoms with Crippen LogP contribution in [0, 0.1) is 0 Å². The lowest BCUT2D eigenvalue weighted by Crippen LogP contribution is -2.33. The molecule has 5 nitrogen and oxygen atoms in total. The molecule has 0 radical (unpaired) electrons. The Bertz CT molecular complexity index is 831. The fraction of sp³-hybridized carbons (Fsp3) is 0.333. The summed E-state index contributed by atoms with van der Waals surface area (Å²) in [6.45, 7) is 0.748. The minimum absolute atomic E-state index is 0.188. The lowest BCUT2D eigenvalue weighted by molar-refractivity contribution is 0.0307. The summed E-state index contributed by atoms with van der Waals surface area (Å²) in [5.41, 5.74) is 3.36. The molecule has 2 aliphatic rings. The lowest BCUT2D eigenvalue weighted by atomic mass is 10.1. The summed E-state index contributed by atoms with van der Waals surface area (Å²) in [5.74, 6) is 0. The first-order chi connectivity index (χ1) is 11.4. The van der Waals surface area contributed by atoms with Gasteiger partial charge in [-0.25, -0.2) is 9.58 Å². The number of ether oxygens (including phenoxy) is 1. The molecule has 3 aromatic rings. The first kappa shape index (κ1) is 13.2. The zero-order valence-corrected chi connectivity index (χ0v) is 12.7. The summed E-state index contributed by atoms with van der Waals surface area (Å²) in [6.07, 6.45) is 2.48. The smallest absolute Gasteiger partial charge is 0.113 e. The minimum atomic E-state index is 0.188. The van der Waals surface area contributed by atoms with Gasteiger partial charge < -0.3 is 4.74 Å². The lowest BCUT2D eigenvalue weighted by Gasteiger charge is -2.29. The Labute approximate surface area is 134 Å². The van der Waals surface area contributed by atoms with Crippen LogP contribution in [0.3, 0.4) is 0 Å². The third-order valence-electron chi connectivity index (χ3n) is 5.00. The van der Waals surface area contributed by atoms with Gasteiger partial charge >= 0.3 is 0 Å². The van der Waals surface area contributed by atoms with E-state index in [1.807, 2.05) is 18.2 Å². The highest BCUT2D eigenvalue weighted by Crippen LogP contribution is 2.44. The van der Waals surface area contributed by atoms with E-state index in [1.54, 1.807) is 0 Å². The van der Waals surface area contributed by atoms with Gasteiger partial charge in [-0.05, 0) is 30.5 Å². The van der Waals surface area contributed by atoms with Gasteiger partial charge in [0.2, 0.25) is 0 Å². The van der Waals surface area contributed by atoms with Gasteiger partial charge in [-0.15, -0.1) is 5.10 Å². The molecule has 0 unspecified atom stereocenters. The van der Waals surface area contributed by atoms with E-state index in [4.69, 9.17) is 4.74 Å². The van der Waals surface area contributed by atoms with Crippen LogP contribution in [0.25, 0.3) is 11.0 Å². The largest absolute Gasteiger partial charge is 0.361 e. The van der Waals surface area contributed by atoms with Gasteiger partial charge in [0.05, 0.1) is 18.2 Å². The van der Waals surface area contributed by atoms with Gasteiger partial charge in [0.1, 0.15) is 17.9 Å². The number of benzene rings is 2. The molecule has 0 spiro atoms. The number of nitrogens with zero attached hydrogens (tertiary/aromatic N) is 4. The van der Waals surface area contributed by atoms with E-state index >= 15 is 0 Å². The summed E-state index contributed by atoms with van der Waals surface area (Å²) in [7, 11) is 0. The van der Waals surface area contributed by atoms with Gasteiger partial charge in [0, 0.05) is 0 Å². The maximum absolute atomic E-state index is 6.05. The van der Waals surface area contributed by atoms with Crippen LogP contribution in [-0.4, -0.2) is 32.7 Å². The molecular formula is C18H18N4O. The fourth-order valence-corrected chi connectivity index (χ4v) is 3.95. The number of para-hydroxylation sites is 1. The minimum Gasteiger partial charge on any atom is -0.361 e. The van der Waals surface area contributed by atoms with E-state index in [9.17, 15) is 0 Å². The molecule has 3 atom stereocenters. The molecule has 0 bridgehead atoms. The number of hydrogen-bond acceptors (Lipinski definition) is 4. The fourth-order valence-electron chi connectivity index (χ4n) is 3.95. The summed E-state index contributed by atoms with van der Waals surface area (Å²) < 4.78 is 8.12. The van der Waals surface area contributed by atoms with Crippen molar-refractivity contribution in [3.63, 3.8) is 0 Å². The highest BCUT2D eigenvalue weighted by molar-refractivity contribution is 5.73. The predicted molar refractivity (Wildman–Crippen MR) is 86.6 cm³/mol. The van der Waals surface area contributed by atoms with Crippen LogP contribution in [0.1, 0.15) is 30.6 Å². The molecule has 116 valence electrons. The van der Waals surface area contributed by atoms with Crippen molar-refractivity contribution in [3.8, 4) is 0 Å². The maximum Gasteiger partial charge on any atom is 0.113 e. The maximum atomic E-state index is 6.05. The average molecular weight is 306 g/mol. The van der Waals surface area contributed by atoms with Crippen molar-refractivity contribution in [2.45, 2.75) is 31.3 Å². The van der Waals surface area contributed by atoms with Crippen LogP contribution in [0.15, 0.2) is 54.6 Å². The molecule has 0 aliphatic carbocycles. The van der Waals surface area contributed by atoms with Crippen LogP contribution in [0.5, 0.6) is 0 Å². The molecule has 1 aromatic heterocycles. The van der Waals surface area contributed by atoms with Crippen molar-refractivity contribution >= 4 is 11.0 Å². The van der Waals surface area contributed by atoms with Crippen molar-refractivity contribution in [1.29, 1.82) is 0 Å². The molecule has 23 heavy (non-hydrogen) atoms. The first-order valence-corrected chi connectivity index (χ1v) is 8.16. The standard InChI is InChI=1S/C18H18N4O/c1-2-6-13(7-3-1)16-12-23-18-11-10-17(21(16)18)22-15-9-5-4-8-14(15)19-20-22/h1-9,16-18H,10-12H2/t16-,17-,18-/m1/s1. The molecule has 0 saturated carbocycles. The second kappa shape index (κ2) is 5.15. The topological polar surface area (TPSA) is 43.2 Å². The Morgan fingerprint density at radius 3 is 2.70 bits per heavy atom. The highest BCUT2D eigenvalue weighted by Gasteiger charge is 2.45. The number of hydrogen-bond donors (Lipinski definition) is 0. The molecular weight excluding hydrogens is 288 g/mol. The van der Waals surface area contributed by atoms with Crippen molar-refractivity contribution in [2.75, 3.05) is 6.61 Å². The third kappa shape index (κ3) is 2.00. The highest BCUT2D eigenvalue weighted by atomic mass is 16.5. The molecule has 2 aliphatic heterocycles. The molecule has 3 heterocycles. The van der Waals surface area contributed by atoms with Crippen LogP contribution >= 0.6 is 0 Å². The third-order valence-corrected chi connectivity index (χ3v) is 5.00. The Kier molecular flexibility index (Phi) is 2.96. The molecule has 2 aromatic carbocycles. The van der Waals surface area contributed by atoms with Crippen molar-refractivity contribution in [2.24, 2.45) is 0 Å². The van der Waals surface area contributed by atoms with Crippen LogP contribution < -0.4 is 0 Å². The Morgan fingerprint density at radius 1 is 0.957 bits per heavy atom. The van der Waals surface area contributed by atoms with E-state index in [0.29, 0.717) is 0 Å². The Morgan fingerprint density at radius 2 is 1.78 bits per heavy atom. The van der Waals surface area contributed by atoms with E-state index in [1.165, 1.54) is 5.56 Å². The second-order valence-electron chi connectivity index (χ2n) is 6.24. The number of aromatic nitrogens is 3. The summed E-state index contributed by atoms with van der Waals surface area (Å²) in [4.78, 5) is 2.47. The van der Waals surface area contributed by atoms with E-state index < -0.39 is 0 Å². The molecule has 0 N–H and O–H groups in total. The van der Waals surface area contributed by atoms with Gasteiger partial charge in [-0.3, -0.25) is 0 Å². The zero-order chi connectivity index (χ0) is 15.2. The van der Waals surface area contributed by atoms with Crippen LogP contribution in [0.2, 0.25) is 0 Å². The molecule has 5 heteroatoms. The zero-order valence-electron chi connectivity index (χ0n) is 12.7. The van der Waals surface area contributed by atoms with E-state index in [2.05, 4.69) is 56.3 Å².